The number of hydrogen-bond acceptors (Lipinski definition) is 4. The van der Waals surface area contributed by atoms with Crippen LogP contribution in [0.2, 0.25) is 0 Å². The van der Waals surface area contributed by atoms with Crippen molar-refractivity contribution in [3.63, 3.8) is 0 Å². The minimum Gasteiger partial charge on any atom is -0.383 e. The lowest BCUT2D eigenvalue weighted by molar-refractivity contribution is 0.198. The van der Waals surface area contributed by atoms with E-state index >= 15 is 0 Å². The molecule has 4 nitrogen and oxygen atoms in total. The molecule has 0 saturated carbocycles. The van der Waals surface area contributed by atoms with Crippen molar-refractivity contribution >= 4 is 0 Å². The lowest BCUT2D eigenvalue weighted by atomic mass is 10.3. The average molecular weight is 237 g/mol. The van der Waals surface area contributed by atoms with Crippen molar-refractivity contribution in [3.05, 3.63) is 30.1 Å². The van der Waals surface area contributed by atoms with E-state index in [1.165, 1.54) is 0 Å². The van der Waals surface area contributed by atoms with E-state index in [9.17, 15) is 0 Å². The average Bonchev–Trinajstić information content (AvgIpc) is 2.35. The van der Waals surface area contributed by atoms with Crippen molar-refractivity contribution in [3.8, 4) is 0 Å². The lowest BCUT2D eigenvalue weighted by Crippen LogP contribution is -2.26. The number of nitrogens with zero attached hydrogens (tertiary/aromatic N) is 2. The molecule has 0 aliphatic rings. The third-order valence-corrected chi connectivity index (χ3v) is 2.53. The smallest absolute Gasteiger partial charge is 0.0587 e. The van der Waals surface area contributed by atoms with Gasteiger partial charge in [-0.15, -0.1) is 0 Å². The van der Waals surface area contributed by atoms with Gasteiger partial charge in [-0.05, 0) is 38.7 Å². The lowest BCUT2D eigenvalue weighted by Gasteiger charge is -2.16. The van der Waals surface area contributed by atoms with E-state index in [1.54, 1.807) is 7.11 Å². The summed E-state index contributed by atoms with van der Waals surface area (Å²) in [5.41, 5.74) is 1.13. The molecule has 1 aromatic heterocycles. The fraction of sp³-hybridized carbons (Fsp3) is 0.615. The SMILES string of the molecule is COCCNCCCN(C)Cc1ccccn1. The Morgan fingerprint density at radius 3 is 2.94 bits per heavy atom. The van der Waals surface area contributed by atoms with Crippen LogP contribution in [-0.2, 0) is 11.3 Å². The Hall–Kier alpha value is -0.970. The molecule has 0 aliphatic heterocycles. The van der Waals surface area contributed by atoms with Gasteiger partial charge in [0.15, 0.2) is 0 Å². The van der Waals surface area contributed by atoms with Crippen LogP contribution in [0.15, 0.2) is 24.4 Å². The first-order chi connectivity index (χ1) is 8.33. The molecular weight excluding hydrogens is 214 g/mol. The summed E-state index contributed by atoms with van der Waals surface area (Å²) in [6, 6.07) is 6.04. The highest BCUT2D eigenvalue weighted by Gasteiger charge is 2.00. The van der Waals surface area contributed by atoms with Gasteiger partial charge in [0.1, 0.15) is 0 Å². The Labute approximate surface area is 104 Å². The number of pyridine rings is 1. The molecule has 1 aromatic rings. The number of hydrogen-bond donors (Lipinski definition) is 1. The number of ether oxygens (including phenoxy) is 1. The Kier molecular flexibility index (Phi) is 7.54. The van der Waals surface area contributed by atoms with E-state index in [-0.39, 0.29) is 0 Å². The van der Waals surface area contributed by atoms with Crippen LogP contribution in [0.3, 0.4) is 0 Å². The largest absolute Gasteiger partial charge is 0.383 e. The normalized spacial score (nSPS) is 11.0. The molecule has 17 heavy (non-hydrogen) atoms. The maximum Gasteiger partial charge on any atom is 0.0587 e. The van der Waals surface area contributed by atoms with Crippen molar-refractivity contribution in [2.45, 2.75) is 13.0 Å². The molecule has 0 unspecified atom stereocenters. The molecule has 0 saturated heterocycles. The molecule has 0 aromatic carbocycles. The maximum atomic E-state index is 4.97. The molecule has 0 spiro atoms. The first-order valence-electron chi connectivity index (χ1n) is 6.11. The molecule has 0 fully saturated rings. The molecule has 1 rings (SSSR count). The number of rotatable bonds is 9. The predicted molar refractivity (Wildman–Crippen MR) is 69.9 cm³/mol. The molecule has 1 N–H and O–H groups in total. The zero-order valence-electron chi connectivity index (χ0n) is 10.9. The number of aromatic nitrogens is 1. The summed E-state index contributed by atoms with van der Waals surface area (Å²) in [6.45, 7) is 4.75. The second-order valence-corrected chi connectivity index (χ2v) is 4.16. The van der Waals surface area contributed by atoms with Crippen LogP contribution in [0.1, 0.15) is 12.1 Å². The Morgan fingerprint density at radius 2 is 2.24 bits per heavy atom. The van der Waals surface area contributed by atoms with E-state index in [1.807, 2.05) is 18.3 Å². The van der Waals surface area contributed by atoms with Crippen LogP contribution in [0, 0.1) is 0 Å². The van der Waals surface area contributed by atoms with Gasteiger partial charge < -0.3 is 15.0 Å². The first-order valence-corrected chi connectivity index (χ1v) is 6.11. The molecule has 0 amide bonds. The van der Waals surface area contributed by atoms with Gasteiger partial charge in [0.2, 0.25) is 0 Å². The summed E-state index contributed by atoms with van der Waals surface area (Å²) >= 11 is 0. The van der Waals surface area contributed by atoms with Gasteiger partial charge in [-0.1, -0.05) is 6.07 Å². The highest BCUT2D eigenvalue weighted by Crippen LogP contribution is 1.98. The molecule has 1 heterocycles. The van der Waals surface area contributed by atoms with Crippen LogP contribution in [-0.4, -0.2) is 50.3 Å². The second kappa shape index (κ2) is 9.10. The van der Waals surface area contributed by atoms with Gasteiger partial charge in [-0.3, -0.25) is 4.98 Å². The molecular formula is C13H23N3O. The van der Waals surface area contributed by atoms with Crippen molar-refractivity contribution in [2.75, 3.05) is 40.4 Å². The summed E-state index contributed by atoms with van der Waals surface area (Å²) < 4.78 is 4.97. The van der Waals surface area contributed by atoms with Crippen molar-refractivity contribution in [2.24, 2.45) is 0 Å². The van der Waals surface area contributed by atoms with Crippen LogP contribution in [0.4, 0.5) is 0 Å². The Balaban J connectivity index is 2.03. The maximum absolute atomic E-state index is 4.97. The summed E-state index contributed by atoms with van der Waals surface area (Å²) in [5, 5.41) is 3.34. The monoisotopic (exact) mass is 237 g/mol. The Morgan fingerprint density at radius 1 is 1.35 bits per heavy atom. The third-order valence-electron chi connectivity index (χ3n) is 2.53. The van der Waals surface area contributed by atoms with E-state index in [4.69, 9.17) is 4.74 Å². The topological polar surface area (TPSA) is 37.4 Å². The van der Waals surface area contributed by atoms with Crippen LogP contribution in [0.25, 0.3) is 0 Å². The molecule has 0 atom stereocenters. The fourth-order valence-corrected chi connectivity index (χ4v) is 1.62. The Bertz CT molecular complexity index is 279. The second-order valence-electron chi connectivity index (χ2n) is 4.16. The van der Waals surface area contributed by atoms with Gasteiger partial charge in [0, 0.05) is 26.4 Å². The van der Waals surface area contributed by atoms with Crippen LogP contribution >= 0.6 is 0 Å². The standard InChI is InChI=1S/C13H23N3O/c1-16(10-5-7-14-9-11-17-2)12-13-6-3-4-8-15-13/h3-4,6,8,14H,5,7,9-12H2,1-2H3. The van der Waals surface area contributed by atoms with Crippen molar-refractivity contribution in [1.29, 1.82) is 0 Å². The number of methoxy groups -OCH3 is 1. The van der Waals surface area contributed by atoms with Crippen LogP contribution < -0.4 is 5.32 Å². The van der Waals surface area contributed by atoms with Crippen molar-refractivity contribution in [1.82, 2.24) is 15.2 Å². The highest BCUT2D eigenvalue weighted by atomic mass is 16.5. The first kappa shape index (κ1) is 14.1. The molecule has 4 heteroatoms. The van der Waals surface area contributed by atoms with Gasteiger partial charge >= 0.3 is 0 Å². The van der Waals surface area contributed by atoms with E-state index in [0.717, 1.165) is 44.9 Å². The van der Waals surface area contributed by atoms with Gasteiger partial charge in [0.25, 0.3) is 0 Å². The fourth-order valence-electron chi connectivity index (χ4n) is 1.62. The summed E-state index contributed by atoms with van der Waals surface area (Å²) in [5.74, 6) is 0. The number of nitrogens with one attached hydrogen (secondary N) is 1. The molecule has 96 valence electrons. The highest BCUT2D eigenvalue weighted by molar-refractivity contribution is 5.02. The van der Waals surface area contributed by atoms with Gasteiger partial charge in [-0.2, -0.15) is 0 Å². The zero-order chi connectivity index (χ0) is 12.3. The predicted octanol–water partition coefficient (Wildman–Crippen LogP) is 1.14. The van der Waals surface area contributed by atoms with Crippen LogP contribution in [0.5, 0.6) is 0 Å². The van der Waals surface area contributed by atoms with Gasteiger partial charge in [-0.25, -0.2) is 0 Å². The van der Waals surface area contributed by atoms with Crippen molar-refractivity contribution < 1.29 is 4.74 Å². The van der Waals surface area contributed by atoms with E-state index < -0.39 is 0 Å². The minimum absolute atomic E-state index is 0.782. The molecule has 0 radical (unpaired) electrons. The third kappa shape index (κ3) is 7.05. The summed E-state index contributed by atoms with van der Waals surface area (Å²) in [7, 11) is 3.85. The quantitative estimate of drug-likeness (QED) is 0.654. The molecule has 0 aliphatic carbocycles. The minimum atomic E-state index is 0.782. The van der Waals surface area contributed by atoms with E-state index in [2.05, 4.69) is 28.3 Å². The summed E-state index contributed by atoms with van der Waals surface area (Å²) in [6.07, 6.45) is 2.99. The summed E-state index contributed by atoms with van der Waals surface area (Å²) in [4.78, 5) is 6.61. The zero-order valence-corrected chi connectivity index (χ0v) is 10.9. The molecule has 0 bridgehead atoms. The van der Waals surface area contributed by atoms with E-state index in [0.29, 0.717) is 0 Å². The van der Waals surface area contributed by atoms with Gasteiger partial charge in [0.05, 0.1) is 12.3 Å².